The fourth-order valence-corrected chi connectivity index (χ4v) is 4.29. The van der Waals surface area contributed by atoms with E-state index >= 15 is 0 Å². The molecule has 8 nitrogen and oxygen atoms in total. The maximum Gasteiger partial charge on any atom is 0.257 e. The van der Waals surface area contributed by atoms with E-state index in [0.717, 1.165) is 29.8 Å². The first-order valence-electron chi connectivity index (χ1n) is 7.18. The van der Waals surface area contributed by atoms with Gasteiger partial charge in [-0.25, -0.2) is 0 Å². The first-order chi connectivity index (χ1) is 10.7. The van der Waals surface area contributed by atoms with Gasteiger partial charge in [0.1, 0.15) is 11.3 Å². The van der Waals surface area contributed by atoms with E-state index in [1.165, 1.54) is 11.2 Å². The molecule has 2 aromatic heterocycles. The Morgan fingerprint density at radius 1 is 1.36 bits per heavy atom. The molecule has 1 saturated heterocycles. The molecule has 0 saturated carbocycles. The van der Waals surface area contributed by atoms with Crippen LogP contribution in [0.4, 0.5) is 0 Å². The molecule has 0 unspecified atom stereocenters. The average Bonchev–Trinajstić information content (AvgIpc) is 3.22. The van der Waals surface area contributed by atoms with Gasteiger partial charge in [-0.2, -0.15) is 4.68 Å². The molecule has 2 aromatic rings. The molecule has 2 aliphatic rings. The molecule has 0 radical (unpaired) electrons. The molecule has 114 valence electrons. The van der Waals surface area contributed by atoms with E-state index < -0.39 is 0 Å². The quantitative estimate of drug-likeness (QED) is 0.826. The number of hydrogen-bond donors (Lipinski definition) is 1. The van der Waals surface area contributed by atoms with Crippen LogP contribution in [0.25, 0.3) is 5.00 Å². The van der Waals surface area contributed by atoms with Gasteiger partial charge in [-0.15, -0.1) is 16.4 Å². The SMILES string of the molecule is O=C1CN(C(=O)c2c(-n3cnnn3)sc3c2CCC3)CCN1. The standard InChI is InChI=1S/C13H14N6O2S/c20-10-6-18(5-4-14-10)12(21)11-8-2-1-3-9(8)22-13(11)19-7-15-16-17-19/h7H,1-6H2,(H,14,20). The number of amides is 2. The van der Waals surface area contributed by atoms with Crippen LogP contribution in [0.15, 0.2) is 6.33 Å². The number of tetrazole rings is 1. The molecule has 1 aliphatic heterocycles. The Bertz CT molecular complexity index is 738. The normalized spacial score (nSPS) is 17.5. The Morgan fingerprint density at radius 3 is 3.05 bits per heavy atom. The summed E-state index contributed by atoms with van der Waals surface area (Å²) in [6.07, 6.45) is 4.45. The first kappa shape index (κ1) is 13.4. The zero-order valence-electron chi connectivity index (χ0n) is 11.8. The summed E-state index contributed by atoms with van der Waals surface area (Å²) in [5.41, 5.74) is 1.77. The third-order valence-corrected chi connectivity index (χ3v) is 5.28. The number of aryl methyl sites for hydroxylation is 1. The number of fused-ring (bicyclic) bond motifs is 1. The number of carbonyl (C=O) groups is 2. The highest BCUT2D eigenvalue weighted by molar-refractivity contribution is 7.15. The minimum absolute atomic E-state index is 0.0975. The predicted octanol–water partition coefficient (Wildman–Crippen LogP) is -0.215. The minimum atomic E-state index is -0.115. The lowest BCUT2D eigenvalue weighted by Crippen LogP contribution is -2.50. The van der Waals surface area contributed by atoms with E-state index in [1.807, 2.05) is 0 Å². The smallest absolute Gasteiger partial charge is 0.257 e. The van der Waals surface area contributed by atoms with Crippen molar-refractivity contribution in [1.29, 1.82) is 0 Å². The lowest BCUT2D eigenvalue weighted by molar-refractivity contribution is -0.123. The number of nitrogens with one attached hydrogen (secondary N) is 1. The molecule has 0 bridgehead atoms. The van der Waals surface area contributed by atoms with E-state index in [2.05, 4.69) is 20.8 Å². The monoisotopic (exact) mass is 318 g/mol. The van der Waals surface area contributed by atoms with Crippen LogP contribution in [0, 0.1) is 0 Å². The van der Waals surface area contributed by atoms with Gasteiger partial charge in [0.15, 0.2) is 0 Å². The van der Waals surface area contributed by atoms with Crippen molar-refractivity contribution in [3.8, 4) is 5.00 Å². The Labute approximate surface area is 130 Å². The maximum absolute atomic E-state index is 13.0. The van der Waals surface area contributed by atoms with Crippen LogP contribution in [0.1, 0.15) is 27.2 Å². The number of aromatic nitrogens is 4. The van der Waals surface area contributed by atoms with Gasteiger partial charge in [0.2, 0.25) is 5.91 Å². The van der Waals surface area contributed by atoms with Gasteiger partial charge in [-0.1, -0.05) is 0 Å². The zero-order chi connectivity index (χ0) is 15.1. The van der Waals surface area contributed by atoms with Crippen molar-refractivity contribution in [1.82, 2.24) is 30.4 Å². The summed E-state index contributed by atoms with van der Waals surface area (Å²) in [5, 5.41) is 14.7. The van der Waals surface area contributed by atoms with Crippen molar-refractivity contribution in [2.75, 3.05) is 19.6 Å². The molecular formula is C13H14N6O2S. The van der Waals surface area contributed by atoms with E-state index in [0.29, 0.717) is 18.7 Å². The topological polar surface area (TPSA) is 93.0 Å². The number of hydrogen-bond acceptors (Lipinski definition) is 6. The van der Waals surface area contributed by atoms with Gasteiger partial charge in [0, 0.05) is 18.0 Å². The molecule has 4 rings (SSSR count). The highest BCUT2D eigenvalue weighted by atomic mass is 32.1. The Kier molecular flexibility index (Phi) is 3.14. The van der Waals surface area contributed by atoms with E-state index in [1.54, 1.807) is 20.9 Å². The maximum atomic E-state index is 13.0. The van der Waals surface area contributed by atoms with E-state index in [4.69, 9.17) is 0 Å². The molecule has 0 atom stereocenters. The molecule has 3 heterocycles. The van der Waals surface area contributed by atoms with Gasteiger partial charge in [0.05, 0.1) is 12.1 Å². The number of thiophene rings is 1. The van der Waals surface area contributed by atoms with Gasteiger partial charge < -0.3 is 10.2 Å². The number of rotatable bonds is 2. The molecule has 1 aliphatic carbocycles. The third kappa shape index (κ3) is 2.08. The number of carbonyl (C=O) groups excluding carboxylic acids is 2. The van der Waals surface area contributed by atoms with Crippen molar-refractivity contribution in [3.05, 3.63) is 22.3 Å². The Hall–Kier alpha value is -2.29. The van der Waals surface area contributed by atoms with Crippen molar-refractivity contribution < 1.29 is 9.59 Å². The van der Waals surface area contributed by atoms with Gasteiger partial charge in [0.25, 0.3) is 5.91 Å². The Balaban J connectivity index is 1.76. The van der Waals surface area contributed by atoms with Gasteiger partial charge in [-0.3, -0.25) is 9.59 Å². The van der Waals surface area contributed by atoms with Gasteiger partial charge >= 0.3 is 0 Å². The number of piperazine rings is 1. The molecule has 1 fully saturated rings. The fourth-order valence-electron chi connectivity index (χ4n) is 3.00. The van der Waals surface area contributed by atoms with Crippen LogP contribution in [0.3, 0.4) is 0 Å². The summed E-state index contributed by atoms with van der Waals surface area (Å²) in [5.74, 6) is -0.213. The van der Waals surface area contributed by atoms with Crippen LogP contribution < -0.4 is 5.32 Å². The molecule has 1 N–H and O–H groups in total. The highest BCUT2D eigenvalue weighted by Crippen LogP contribution is 2.38. The average molecular weight is 318 g/mol. The largest absolute Gasteiger partial charge is 0.353 e. The van der Waals surface area contributed by atoms with Crippen LogP contribution in [0.5, 0.6) is 0 Å². The highest BCUT2D eigenvalue weighted by Gasteiger charge is 2.32. The first-order valence-corrected chi connectivity index (χ1v) is 7.99. The number of nitrogens with zero attached hydrogens (tertiary/aromatic N) is 5. The summed E-state index contributed by atoms with van der Waals surface area (Å²) in [4.78, 5) is 27.3. The third-order valence-electron chi connectivity index (χ3n) is 4.00. The van der Waals surface area contributed by atoms with E-state index in [-0.39, 0.29) is 18.4 Å². The van der Waals surface area contributed by atoms with Crippen molar-refractivity contribution in [2.24, 2.45) is 0 Å². The second kappa shape index (κ2) is 5.16. The van der Waals surface area contributed by atoms with Crippen LogP contribution in [0.2, 0.25) is 0 Å². The molecule has 0 spiro atoms. The van der Waals surface area contributed by atoms with Crippen LogP contribution in [-0.4, -0.2) is 56.6 Å². The Morgan fingerprint density at radius 2 is 2.27 bits per heavy atom. The predicted molar refractivity (Wildman–Crippen MR) is 78.0 cm³/mol. The van der Waals surface area contributed by atoms with E-state index in [9.17, 15) is 9.59 Å². The summed E-state index contributed by atoms with van der Waals surface area (Å²) >= 11 is 1.57. The summed E-state index contributed by atoms with van der Waals surface area (Å²) < 4.78 is 1.54. The fraction of sp³-hybridized carbons (Fsp3) is 0.462. The molecule has 0 aromatic carbocycles. The molecule has 2 amide bonds. The van der Waals surface area contributed by atoms with Crippen molar-refractivity contribution in [2.45, 2.75) is 19.3 Å². The second-order valence-electron chi connectivity index (χ2n) is 5.37. The lowest BCUT2D eigenvalue weighted by atomic mass is 10.1. The molecular weight excluding hydrogens is 304 g/mol. The van der Waals surface area contributed by atoms with Crippen molar-refractivity contribution in [3.63, 3.8) is 0 Å². The summed E-state index contributed by atoms with van der Waals surface area (Å²) in [6, 6.07) is 0. The van der Waals surface area contributed by atoms with Gasteiger partial charge in [-0.05, 0) is 35.3 Å². The molecule has 22 heavy (non-hydrogen) atoms. The zero-order valence-corrected chi connectivity index (χ0v) is 12.6. The minimum Gasteiger partial charge on any atom is -0.353 e. The lowest BCUT2D eigenvalue weighted by Gasteiger charge is -2.27. The van der Waals surface area contributed by atoms with Crippen molar-refractivity contribution >= 4 is 23.2 Å². The summed E-state index contributed by atoms with van der Waals surface area (Å²) in [6.45, 7) is 1.14. The van der Waals surface area contributed by atoms with Crippen LogP contribution >= 0.6 is 11.3 Å². The summed E-state index contributed by atoms with van der Waals surface area (Å²) in [7, 11) is 0. The van der Waals surface area contributed by atoms with Crippen LogP contribution in [-0.2, 0) is 17.6 Å². The molecule has 9 heteroatoms. The second-order valence-corrected chi connectivity index (χ2v) is 6.45.